The van der Waals surface area contributed by atoms with E-state index < -0.39 is 5.97 Å². The van der Waals surface area contributed by atoms with Gasteiger partial charge in [0.25, 0.3) is 0 Å². The second kappa shape index (κ2) is 7.54. The van der Waals surface area contributed by atoms with Crippen molar-refractivity contribution < 1.29 is 14.6 Å². The Labute approximate surface area is 151 Å². The summed E-state index contributed by atoms with van der Waals surface area (Å²) >= 11 is 0. The van der Waals surface area contributed by atoms with E-state index in [9.17, 15) is 10.1 Å². The number of benzene rings is 3. The number of rotatable bonds is 5. The molecule has 3 aromatic rings. The SMILES string of the molecule is CCOc1ccc(C=C(C#N)c2ccc(C(=O)O)cc2)c2ccccc12. The Hall–Kier alpha value is -3.58. The van der Waals surface area contributed by atoms with E-state index >= 15 is 0 Å². The summed E-state index contributed by atoms with van der Waals surface area (Å²) in [6.07, 6.45) is 1.81. The highest BCUT2D eigenvalue weighted by atomic mass is 16.5. The number of carboxylic acid groups (broad SMARTS) is 1. The topological polar surface area (TPSA) is 70.3 Å². The number of aromatic carboxylic acids is 1. The summed E-state index contributed by atoms with van der Waals surface area (Å²) in [5.74, 6) is -0.180. The van der Waals surface area contributed by atoms with Crippen molar-refractivity contribution in [3.63, 3.8) is 0 Å². The van der Waals surface area contributed by atoms with Crippen LogP contribution in [0.5, 0.6) is 5.75 Å². The van der Waals surface area contributed by atoms with Gasteiger partial charge in [-0.2, -0.15) is 5.26 Å². The molecule has 0 aromatic heterocycles. The fourth-order valence-electron chi connectivity index (χ4n) is 2.83. The molecule has 0 atom stereocenters. The second-order valence-corrected chi connectivity index (χ2v) is 5.68. The molecule has 0 aliphatic heterocycles. The molecule has 4 heteroatoms. The summed E-state index contributed by atoms with van der Waals surface area (Å²) in [7, 11) is 0. The van der Waals surface area contributed by atoms with Crippen molar-refractivity contribution in [2.24, 2.45) is 0 Å². The zero-order chi connectivity index (χ0) is 18.5. The smallest absolute Gasteiger partial charge is 0.335 e. The molecule has 26 heavy (non-hydrogen) atoms. The summed E-state index contributed by atoms with van der Waals surface area (Å²) in [6.45, 7) is 2.52. The van der Waals surface area contributed by atoms with Crippen molar-refractivity contribution >= 4 is 28.4 Å². The third-order valence-corrected chi connectivity index (χ3v) is 4.08. The van der Waals surface area contributed by atoms with Gasteiger partial charge >= 0.3 is 5.97 Å². The first kappa shape index (κ1) is 17.2. The zero-order valence-corrected chi connectivity index (χ0v) is 14.3. The Morgan fingerprint density at radius 1 is 1.04 bits per heavy atom. The van der Waals surface area contributed by atoms with Gasteiger partial charge in [-0.15, -0.1) is 0 Å². The predicted octanol–water partition coefficient (Wildman–Crippen LogP) is 5.00. The molecule has 0 aliphatic rings. The van der Waals surface area contributed by atoms with Gasteiger partial charge in [0.1, 0.15) is 5.75 Å². The average Bonchev–Trinajstić information content (AvgIpc) is 2.67. The van der Waals surface area contributed by atoms with E-state index in [1.54, 1.807) is 12.1 Å². The van der Waals surface area contributed by atoms with Gasteiger partial charge in [-0.05, 0) is 47.7 Å². The number of nitrogens with zero attached hydrogens (tertiary/aromatic N) is 1. The molecule has 1 N–H and O–H groups in total. The minimum Gasteiger partial charge on any atom is -0.493 e. The predicted molar refractivity (Wildman–Crippen MR) is 102 cm³/mol. The lowest BCUT2D eigenvalue weighted by Gasteiger charge is -2.10. The first-order valence-corrected chi connectivity index (χ1v) is 8.24. The third kappa shape index (κ3) is 3.42. The summed E-state index contributed by atoms with van der Waals surface area (Å²) in [5.41, 5.74) is 2.24. The van der Waals surface area contributed by atoms with Crippen molar-refractivity contribution in [3.8, 4) is 11.8 Å². The van der Waals surface area contributed by atoms with Gasteiger partial charge in [-0.25, -0.2) is 4.79 Å². The number of hydrogen-bond acceptors (Lipinski definition) is 3. The molecule has 3 rings (SSSR count). The molecule has 0 bridgehead atoms. The van der Waals surface area contributed by atoms with Crippen LogP contribution >= 0.6 is 0 Å². The van der Waals surface area contributed by atoms with Gasteiger partial charge in [0.15, 0.2) is 0 Å². The van der Waals surface area contributed by atoms with Gasteiger partial charge in [-0.3, -0.25) is 0 Å². The average molecular weight is 343 g/mol. The van der Waals surface area contributed by atoms with Crippen molar-refractivity contribution in [1.29, 1.82) is 5.26 Å². The molecule has 4 nitrogen and oxygen atoms in total. The molecule has 3 aromatic carbocycles. The number of hydrogen-bond donors (Lipinski definition) is 1. The molecular weight excluding hydrogens is 326 g/mol. The van der Waals surface area contributed by atoms with Gasteiger partial charge < -0.3 is 9.84 Å². The highest BCUT2D eigenvalue weighted by molar-refractivity contribution is 6.00. The van der Waals surface area contributed by atoms with Gasteiger partial charge in [0.05, 0.1) is 23.8 Å². The molecule has 0 unspecified atom stereocenters. The van der Waals surface area contributed by atoms with Crippen molar-refractivity contribution in [3.05, 3.63) is 77.4 Å². The number of allylic oxidation sites excluding steroid dienone is 1. The third-order valence-electron chi connectivity index (χ3n) is 4.08. The van der Waals surface area contributed by atoms with Gasteiger partial charge in [0.2, 0.25) is 0 Å². The Morgan fingerprint density at radius 2 is 1.69 bits per heavy atom. The number of ether oxygens (including phenoxy) is 1. The molecule has 0 radical (unpaired) electrons. The standard InChI is InChI=1S/C22H17NO3/c1-2-26-21-12-11-17(19-5-3-4-6-20(19)21)13-18(14-23)15-7-9-16(10-8-15)22(24)25/h3-13H,2H2,1H3,(H,24,25). The minimum absolute atomic E-state index is 0.192. The van der Waals surface area contributed by atoms with Crippen LogP contribution in [0.1, 0.15) is 28.4 Å². The first-order chi connectivity index (χ1) is 12.6. The first-order valence-electron chi connectivity index (χ1n) is 8.24. The van der Waals surface area contributed by atoms with E-state index in [4.69, 9.17) is 9.84 Å². The molecule has 0 spiro atoms. The Morgan fingerprint density at radius 3 is 2.31 bits per heavy atom. The van der Waals surface area contributed by atoms with Crippen LogP contribution < -0.4 is 4.74 Å². The maximum absolute atomic E-state index is 11.0. The van der Waals surface area contributed by atoms with Crippen molar-refractivity contribution in [2.45, 2.75) is 6.92 Å². The summed E-state index contributed by atoms with van der Waals surface area (Å²) in [6, 6.07) is 20.2. The van der Waals surface area contributed by atoms with Crippen LogP contribution in [-0.4, -0.2) is 17.7 Å². The highest BCUT2D eigenvalue weighted by Gasteiger charge is 2.08. The van der Waals surface area contributed by atoms with E-state index in [2.05, 4.69) is 6.07 Å². The fourth-order valence-corrected chi connectivity index (χ4v) is 2.83. The highest BCUT2D eigenvalue weighted by Crippen LogP contribution is 2.31. The quantitative estimate of drug-likeness (QED) is 0.523. The molecular formula is C22H17NO3. The van der Waals surface area contributed by atoms with E-state index in [1.165, 1.54) is 12.1 Å². The van der Waals surface area contributed by atoms with Crippen LogP contribution in [-0.2, 0) is 0 Å². The number of carbonyl (C=O) groups is 1. The van der Waals surface area contributed by atoms with Gasteiger partial charge in [0, 0.05) is 5.39 Å². The van der Waals surface area contributed by atoms with E-state index in [0.29, 0.717) is 17.7 Å². The minimum atomic E-state index is -0.989. The fraction of sp³-hybridized carbons (Fsp3) is 0.0909. The van der Waals surface area contributed by atoms with E-state index in [0.717, 1.165) is 22.1 Å². The molecule has 0 saturated heterocycles. The van der Waals surface area contributed by atoms with Crippen molar-refractivity contribution in [1.82, 2.24) is 0 Å². The number of fused-ring (bicyclic) bond motifs is 1. The van der Waals surface area contributed by atoms with Crippen LogP contribution in [0.2, 0.25) is 0 Å². The molecule has 0 fully saturated rings. The van der Waals surface area contributed by atoms with Crippen LogP contribution in [0.4, 0.5) is 0 Å². The molecule has 0 heterocycles. The van der Waals surface area contributed by atoms with E-state index in [1.807, 2.05) is 49.4 Å². The van der Waals surface area contributed by atoms with Crippen LogP contribution in [0.25, 0.3) is 22.4 Å². The monoisotopic (exact) mass is 343 g/mol. The number of nitriles is 1. The summed E-state index contributed by atoms with van der Waals surface area (Å²) in [4.78, 5) is 11.0. The lowest BCUT2D eigenvalue weighted by atomic mass is 9.98. The summed E-state index contributed by atoms with van der Waals surface area (Å²) in [5, 5.41) is 20.6. The number of carboxylic acids is 1. The molecule has 128 valence electrons. The normalized spacial score (nSPS) is 11.2. The molecule has 0 saturated carbocycles. The summed E-state index contributed by atoms with van der Waals surface area (Å²) < 4.78 is 5.68. The Balaban J connectivity index is 2.09. The molecule has 0 amide bonds. The van der Waals surface area contributed by atoms with Gasteiger partial charge in [-0.1, -0.05) is 42.5 Å². The maximum Gasteiger partial charge on any atom is 0.335 e. The lowest BCUT2D eigenvalue weighted by molar-refractivity contribution is 0.0697. The molecule has 0 aliphatic carbocycles. The van der Waals surface area contributed by atoms with E-state index in [-0.39, 0.29) is 5.56 Å². The van der Waals surface area contributed by atoms with Crippen LogP contribution in [0.3, 0.4) is 0 Å². The lowest BCUT2D eigenvalue weighted by Crippen LogP contribution is -1.95. The second-order valence-electron chi connectivity index (χ2n) is 5.68. The van der Waals surface area contributed by atoms with Crippen LogP contribution in [0.15, 0.2) is 60.7 Å². The van der Waals surface area contributed by atoms with Crippen LogP contribution in [0, 0.1) is 11.3 Å². The maximum atomic E-state index is 11.0. The Bertz CT molecular complexity index is 1030. The zero-order valence-electron chi connectivity index (χ0n) is 14.3. The van der Waals surface area contributed by atoms with Crippen molar-refractivity contribution in [2.75, 3.05) is 6.61 Å². The largest absolute Gasteiger partial charge is 0.493 e. The Kier molecular flexibility index (Phi) is 5.00.